The first kappa shape index (κ1) is 14.4. The summed E-state index contributed by atoms with van der Waals surface area (Å²) in [5, 5.41) is 3.15. The summed E-state index contributed by atoms with van der Waals surface area (Å²) in [5.41, 5.74) is 0. The third kappa shape index (κ3) is 5.50. The van der Waals surface area contributed by atoms with E-state index >= 15 is 0 Å². The molecule has 0 aromatic carbocycles. The third-order valence-electron chi connectivity index (χ3n) is 1.96. The molecule has 0 amide bonds. The van der Waals surface area contributed by atoms with Gasteiger partial charge in [-0.25, -0.2) is 4.98 Å². The Morgan fingerprint density at radius 2 is 2.29 bits per heavy atom. The number of carbonyl (C=O) groups is 1. The molecule has 94 valence electrons. The SMILES string of the molecule is CCOC(=O)CCCNc1ncc(Br)cc1Br. The number of hydrogen-bond donors (Lipinski definition) is 1. The van der Waals surface area contributed by atoms with Crippen LogP contribution >= 0.6 is 31.9 Å². The minimum Gasteiger partial charge on any atom is -0.466 e. The van der Waals surface area contributed by atoms with E-state index in [4.69, 9.17) is 4.74 Å². The average molecular weight is 366 g/mol. The van der Waals surface area contributed by atoms with Gasteiger partial charge >= 0.3 is 5.97 Å². The lowest BCUT2D eigenvalue weighted by molar-refractivity contribution is -0.143. The predicted molar refractivity (Wildman–Crippen MR) is 74.0 cm³/mol. The molecule has 0 saturated heterocycles. The van der Waals surface area contributed by atoms with Crippen molar-refractivity contribution in [3.63, 3.8) is 0 Å². The molecule has 0 fully saturated rings. The van der Waals surface area contributed by atoms with E-state index in [1.54, 1.807) is 13.1 Å². The quantitative estimate of drug-likeness (QED) is 0.620. The van der Waals surface area contributed by atoms with Crippen LogP contribution in [0.4, 0.5) is 5.82 Å². The van der Waals surface area contributed by atoms with E-state index < -0.39 is 0 Å². The minimum absolute atomic E-state index is 0.155. The maximum Gasteiger partial charge on any atom is 0.305 e. The number of nitrogens with one attached hydrogen (secondary N) is 1. The van der Waals surface area contributed by atoms with Crippen LogP contribution in [0.5, 0.6) is 0 Å². The van der Waals surface area contributed by atoms with E-state index in [1.807, 2.05) is 6.07 Å². The van der Waals surface area contributed by atoms with Gasteiger partial charge in [0.25, 0.3) is 0 Å². The predicted octanol–water partition coefficient (Wildman–Crippen LogP) is 3.36. The normalized spacial score (nSPS) is 10.1. The van der Waals surface area contributed by atoms with E-state index in [1.165, 1.54) is 0 Å². The van der Waals surface area contributed by atoms with Crippen LogP contribution in [-0.2, 0) is 9.53 Å². The Morgan fingerprint density at radius 3 is 2.94 bits per heavy atom. The summed E-state index contributed by atoms with van der Waals surface area (Å²) in [6.07, 6.45) is 2.87. The molecule has 0 unspecified atom stereocenters. The van der Waals surface area contributed by atoms with Gasteiger partial charge in [0, 0.05) is 23.6 Å². The van der Waals surface area contributed by atoms with Crippen molar-refractivity contribution in [2.75, 3.05) is 18.5 Å². The molecule has 1 heterocycles. The maximum atomic E-state index is 11.1. The van der Waals surface area contributed by atoms with Gasteiger partial charge in [-0.05, 0) is 51.3 Å². The van der Waals surface area contributed by atoms with Crippen LogP contribution in [0.25, 0.3) is 0 Å². The molecule has 6 heteroatoms. The summed E-state index contributed by atoms with van der Waals surface area (Å²) in [5.74, 6) is 0.620. The smallest absolute Gasteiger partial charge is 0.305 e. The minimum atomic E-state index is -0.155. The van der Waals surface area contributed by atoms with Crippen molar-refractivity contribution in [3.05, 3.63) is 21.2 Å². The number of anilines is 1. The molecular formula is C11H14Br2N2O2. The molecule has 0 bridgehead atoms. The lowest BCUT2D eigenvalue weighted by Crippen LogP contribution is -2.09. The van der Waals surface area contributed by atoms with Gasteiger partial charge in [0.15, 0.2) is 0 Å². The van der Waals surface area contributed by atoms with Crippen LogP contribution < -0.4 is 5.32 Å². The van der Waals surface area contributed by atoms with E-state index in [0.717, 1.165) is 21.2 Å². The Hall–Kier alpha value is -0.620. The number of rotatable bonds is 6. The molecular weight excluding hydrogens is 352 g/mol. The van der Waals surface area contributed by atoms with Gasteiger partial charge in [0.2, 0.25) is 0 Å². The number of ether oxygens (including phenoxy) is 1. The van der Waals surface area contributed by atoms with E-state index in [9.17, 15) is 4.79 Å². The largest absolute Gasteiger partial charge is 0.466 e. The molecule has 4 nitrogen and oxygen atoms in total. The zero-order valence-electron chi connectivity index (χ0n) is 9.50. The van der Waals surface area contributed by atoms with Crippen LogP contribution in [0.2, 0.25) is 0 Å². The zero-order valence-corrected chi connectivity index (χ0v) is 12.7. The number of aromatic nitrogens is 1. The van der Waals surface area contributed by atoms with Crippen molar-refractivity contribution in [2.24, 2.45) is 0 Å². The van der Waals surface area contributed by atoms with Gasteiger partial charge < -0.3 is 10.1 Å². The summed E-state index contributed by atoms with van der Waals surface area (Å²) in [4.78, 5) is 15.3. The van der Waals surface area contributed by atoms with Crippen LogP contribution in [0, 0.1) is 0 Å². The zero-order chi connectivity index (χ0) is 12.7. The second-order valence-electron chi connectivity index (χ2n) is 3.32. The summed E-state index contributed by atoms with van der Waals surface area (Å²) in [6.45, 7) is 2.93. The number of halogens is 2. The van der Waals surface area contributed by atoms with Gasteiger partial charge in [-0.1, -0.05) is 0 Å². The standard InChI is InChI=1S/C11H14Br2N2O2/c1-2-17-10(16)4-3-5-14-11-9(13)6-8(12)7-15-11/h6-7H,2-5H2,1H3,(H,14,15). The summed E-state index contributed by atoms with van der Waals surface area (Å²) in [7, 11) is 0. The van der Waals surface area contributed by atoms with Gasteiger partial charge in [-0.3, -0.25) is 4.79 Å². The van der Waals surface area contributed by atoms with Crippen LogP contribution in [0.1, 0.15) is 19.8 Å². The maximum absolute atomic E-state index is 11.1. The average Bonchev–Trinajstić information content (AvgIpc) is 2.27. The highest BCUT2D eigenvalue weighted by Crippen LogP contribution is 2.23. The van der Waals surface area contributed by atoms with Crippen molar-refractivity contribution in [1.29, 1.82) is 0 Å². The van der Waals surface area contributed by atoms with Crippen molar-refractivity contribution in [1.82, 2.24) is 4.98 Å². The highest BCUT2D eigenvalue weighted by atomic mass is 79.9. The molecule has 0 aliphatic carbocycles. The number of esters is 1. The van der Waals surface area contributed by atoms with Gasteiger partial charge in [-0.2, -0.15) is 0 Å². The Morgan fingerprint density at radius 1 is 1.53 bits per heavy atom. The lowest BCUT2D eigenvalue weighted by Gasteiger charge is -2.07. The number of pyridine rings is 1. The second-order valence-corrected chi connectivity index (χ2v) is 5.09. The Bertz CT molecular complexity index is 386. The fourth-order valence-electron chi connectivity index (χ4n) is 1.22. The first-order valence-electron chi connectivity index (χ1n) is 5.34. The van der Waals surface area contributed by atoms with Crippen molar-refractivity contribution in [2.45, 2.75) is 19.8 Å². The molecule has 0 aliphatic heterocycles. The first-order chi connectivity index (χ1) is 8.13. The van der Waals surface area contributed by atoms with Gasteiger partial charge in [0.05, 0.1) is 11.1 Å². The monoisotopic (exact) mass is 364 g/mol. The van der Waals surface area contributed by atoms with Crippen LogP contribution in [-0.4, -0.2) is 24.1 Å². The molecule has 1 aromatic heterocycles. The first-order valence-corrected chi connectivity index (χ1v) is 6.92. The van der Waals surface area contributed by atoms with Crippen molar-refractivity contribution < 1.29 is 9.53 Å². The summed E-state index contributed by atoms with van der Waals surface area (Å²) < 4.78 is 6.65. The van der Waals surface area contributed by atoms with Crippen molar-refractivity contribution in [3.8, 4) is 0 Å². The molecule has 1 rings (SSSR count). The fraction of sp³-hybridized carbons (Fsp3) is 0.455. The number of hydrogen-bond acceptors (Lipinski definition) is 4. The van der Waals surface area contributed by atoms with Crippen molar-refractivity contribution >= 4 is 43.6 Å². The molecule has 0 aliphatic rings. The van der Waals surface area contributed by atoms with Gasteiger partial charge in [0.1, 0.15) is 5.82 Å². The topological polar surface area (TPSA) is 51.2 Å². The third-order valence-corrected chi connectivity index (χ3v) is 3.00. The second kappa shape index (κ2) is 7.66. The molecule has 1 N–H and O–H groups in total. The van der Waals surface area contributed by atoms with Crippen LogP contribution in [0.3, 0.4) is 0 Å². The van der Waals surface area contributed by atoms with E-state index in [-0.39, 0.29) is 5.97 Å². The van der Waals surface area contributed by atoms with Crippen LogP contribution in [0.15, 0.2) is 21.2 Å². The molecule has 0 radical (unpaired) electrons. The highest BCUT2D eigenvalue weighted by Gasteiger charge is 2.03. The Kier molecular flexibility index (Phi) is 6.50. The molecule has 0 spiro atoms. The van der Waals surface area contributed by atoms with E-state index in [0.29, 0.717) is 19.6 Å². The number of carbonyl (C=O) groups excluding carboxylic acids is 1. The summed E-state index contributed by atoms with van der Waals surface area (Å²) in [6, 6.07) is 1.92. The van der Waals surface area contributed by atoms with E-state index in [2.05, 4.69) is 42.2 Å². The number of nitrogens with zero attached hydrogens (tertiary/aromatic N) is 1. The Labute approximate surface area is 117 Å². The molecule has 17 heavy (non-hydrogen) atoms. The van der Waals surface area contributed by atoms with Gasteiger partial charge in [-0.15, -0.1) is 0 Å². The highest BCUT2D eigenvalue weighted by molar-refractivity contribution is 9.11. The lowest BCUT2D eigenvalue weighted by atomic mass is 10.3. The molecule has 0 saturated carbocycles. The molecule has 1 aromatic rings. The summed E-state index contributed by atoms with van der Waals surface area (Å²) >= 11 is 6.74. The Balaban J connectivity index is 2.29. The molecule has 0 atom stereocenters. The fourth-order valence-corrected chi connectivity index (χ4v) is 2.34.